The van der Waals surface area contributed by atoms with Crippen LogP contribution in [-0.2, 0) is 9.68 Å². The number of hydrogen-bond acceptors (Lipinski definition) is 5. The van der Waals surface area contributed by atoms with Gasteiger partial charge in [0, 0.05) is 12.6 Å². The average Bonchev–Trinajstić information content (AvgIpc) is 2.35. The molecule has 0 aliphatic carbocycles. The molecule has 1 aliphatic heterocycles. The summed E-state index contributed by atoms with van der Waals surface area (Å²) in [4.78, 5) is 16.1. The van der Waals surface area contributed by atoms with Gasteiger partial charge in [0.1, 0.15) is 0 Å². The zero-order valence-corrected chi connectivity index (χ0v) is 6.93. The standard InChI is InChI=1S/C7H13NO4/c1-8-3-2-6(9)5(8)4-7(10)12-11/h5-6,9,11H,2-4H2,1H3/t5-,6+/m1/s1. The first-order chi connectivity index (χ1) is 5.65. The van der Waals surface area contributed by atoms with Gasteiger partial charge in [0.2, 0.25) is 0 Å². The van der Waals surface area contributed by atoms with Crippen LogP contribution in [0.5, 0.6) is 0 Å². The molecule has 70 valence electrons. The highest BCUT2D eigenvalue weighted by Crippen LogP contribution is 2.18. The monoisotopic (exact) mass is 175 g/mol. The van der Waals surface area contributed by atoms with Crippen LogP contribution < -0.4 is 0 Å². The SMILES string of the molecule is CN1CC[C@H](O)[C@H]1CC(=O)OO. The van der Waals surface area contributed by atoms with Gasteiger partial charge in [-0.3, -0.25) is 0 Å². The minimum atomic E-state index is -0.701. The first kappa shape index (κ1) is 9.44. The minimum Gasteiger partial charge on any atom is -0.391 e. The van der Waals surface area contributed by atoms with Crippen LogP contribution in [0.4, 0.5) is 0 Å². The van der Waals surface area contributed by atoms with Gasteiger partial charge in [-0.2, -0.15) is 5.26 Å². The maximum atomic E-state index is 10.6. The highest BCUT2D eigenvalue weighted by Gasteiger charge is 2.32. The predicted octanol–water partition coefficient (Wildman–Crippen LogP) is -0.542. The fraction of sp³-hybridized carbons (Fsp3) is 0.857. The van der Waals surface area contributed by atoms with E-state index in [1.807, 2.05) is 11.9 Å². The van der Waals surface area contributed by atoms with Gasteiger partial charge in [-0.05, 0) is 13.5 Å². The molecule has 0 aromatic carbocycles. The van der Waals surface area contributed by atoms with Crippen LogP contribution >= 0.6 is 0 Å². The molecule has 0 spiro atoms. The van der Waals surface area contributed by atoms with Gasteiger partial charge in [0.25, 0.3) is 0 Å². The molecule has 0 saturated carbocycles. The number of likely N-dealkylation sites (tertiary alicyclic amines) is 1. The van der Waals surface area contributed by atoms with E-state index >= 15 is 0 Å². The lowest BCUT2D eigenvalue weighted by Gasteiger charge is -2.19. The summed E-state index contributed by atoms with van der Waals surface area (Å²) < 4.78 is 0. The molecule has 0 radical (unpaired) electrons. The predicted molar refractivity (Wildman–Crippen MR) is 40.4 cm³/mol. The van der Waals surface area contributed by atoms with E-state index in [4.69, 9.17) is 5.26 Å². The Morgan fingerprint density at radius 3 is 2.83 bits per heavy atom. The largest absolute Gasteiger partial charge is 0.391 e. The molecule has 5 heteroatoms. The second-order valence-electron chi connectivity index (χ2n) is 3.07. The summed E-state index contributed by atoms with van der Waals surface area (Å²) in [6, 6.07) is -0.218. The van der Waals surface area contributed by atoms with Crippen LogP contribution in [0.1, 0.15) is 12.8 Å². The highest BCUT2D eigenvalue weighted by atomic mass is 17.1. The molecule has 0 bridgehead atoms. The van der Waals surface area contributed by atoms with E-state index in [1.54, 1.807) is 0 Å². The van der Waals surface area contributed by atoms with Crippen LogP contribution in [0.15, 0.2) is 0 Å². The Bertz CT molecular complexity index is 163. The van der Waals surface area contributed by atoms with Crippen molar-refractivity contribution in [3.63, 3.8) is 0 Å². The lowest BCUT2D eigenvalue weighted by molar-refractivity contribution is -0.235. The van der Waals surface area contributed by atoms with Gasteiger partial charge >= 0.3 is 5.97 Å². The quantitative estimate of drug-likeness (QED) is 0.435. The van der Waals surface area contributed by atoms with Gasteiger partial charge in [0.05, 0.1) is 12.5 Å². The molecule has 1 fully saturated rings. The van der Waals surface area contributed by atoms with Crippen molar-refractivity contribution in [3.05, 3.63) is 0 Å². The highest BCUT2D eigenvalue weighted by molar-refractivity contribution is 5.69. The second-order valence-corrected chi connectivity index (χ2v) is 3.07. The van der Waals surface area contributed by atoms with Crippen LogP contribution in [0.25, 0.3) is 0 Å². The normalized spacial score (nSPS) is 30.6. The number of carbonyl (C=O) groups is 1. The van der Waals surface area contributed by atoms with Crippen LogP contribution in [0.3, 0.4) is 0 Å². The number of hydrogen-bond donors (Lipinski definition) is 2. The Balaban J connectivity index is 2.44. The van der Waals surface area contributed by atoms with Gasteiger partial charge in [-0.1, -0.05) is 0 Å². The molecule has 1 heterocycles. The van der Waals surface area contributed by atoms with Crippen molar-refractivity contribution in [2.75, 3.05) is 13.6 Å². The fourth-order valence-electron chi connectivity index (χ4n) is 1.49. The number of aliphatic hydroxyl groups excluding tert-OH is 1. The summed E-state index contributed by atoms with van der Waals surface area (Å²) in [7, 11) is 1.82. The van der Waals surface area contributed by atoms with Crippen molar-refractivity contribution in [1.29, 1.82) is 0 Å². The van der Waals surface area contributed by atoms with E-state index < -0.39 is 12.1 Å². The minimum absolute atomic E-state index is 0.0359. The molecule has 1 rings (SSSR count). The van der Waals surface area contributed by atoms with Crippen molar-refractivity contribution in [2.45, 2.75) is 25.0 Å². The molecular weight excluding hydrogens is 162 g/mol. The molecule has 5 nitrogen and oxygen atoms in total. The summed E-state index contributed by atoms with van der Waals surface area (Å²) >= 11 is 0. The third-order valence-corrected chi connectivity index (χ3v) is 2.27. The molecule has 0 unspecified atom stereocenters. The number of likely N-dealkylation sites (N-methyl/N-ethyl adjacent to an activating group) is 1. The summed E-state index contributed by atoms with van der Waals surface area (Å²) in [6.45, 7) is 0.768. The summed E-state index contributed by atoms with van der Waals surface area (Å²) in [5.74, 6) is -0.701. The maximum Gasteiger partial charge on any atom is 0.343 e. The van der Waals surface area contributed by atoms with E-state index in [9.17, 15) is 9.90 Å². The first-order valence-corrected chi connectivity index (χ1v) is 3.87. The summed E-state index contributed by atoms with van der Waals surface area (Å²) in [5, 5.41) is 17.4. The number of rotatable bonds is 2. The molecule has 2 atom stereocenters. The van der Waals surface area contributed by atoms with Gasteiger partial charge in [-0.25, -0.2) is 4.79 Å². The Labute approximate surface area is 70.5 Å². The third-order valence-electron chi connectivity index (χ3n) is 2.27. The lowest BCUT2D eigenvalue weighted by atomic mass is 10.1. The average molecular weight is 175 g/mol. The summed E-state index contributed by atoms with van der Waals surface area (Å²) in [5.41, 5.74) is 0. The third kappa shape index (κ3) is 1.94. The Kier molecular flexibility index (Phi) is 3.02. The van der Waals surface area contributed by atoms with E-state index in [-0.39, 0.29) is 12.5 Å². The zero-order chi connectivity index (χ0) is 9.14. The maximum absolute atomic E-state index is 10.6. The molecule has 12 heavy (non-hydrogen) atoms. The van der Waals surface area contributed by atoms with Gasteiger partial charge in [0.15, 0.2) is 0 Å². The smallest absolute Gasteiger partial charge is 0.343 e. The van der Waals surface area contributed by atoms with Gasteiger partial charge < -0.3 is 14.9 Å². The molecule has 0 aromatic heterocycles. The van der Waals surface area contributed by atoms with Crippen molar-refractivity contribution < 1.29 is 20.0 Å². The molecule has 1 saturated heterocycles. The van der Waals surface area contributed by atoms with E-state index in [0.29, 0.717) is 6.42 Å². The summed E-state index contributed by atoms with van der Waals surface area (Å²) in [6.07, 6.45) is 0.211. The van der Waals surface area contributed by atoms with Crippen molar-refractivity contribution in [3.8, 4) is 0 Å². The number of nitrogens with zero attached hydrogens (tertiary/aromatic N) is 1. The van der Waals surface area contributed by atoms with Crippen molar-refractivity contribution >= 4 is 5.97 Å². The van der Waals surface area contributed by atoms with Crippen LogP contribution in [0, 0.1) is 0 Å². The Morgan fingerprint density at radius 2 is 2.42 bits per heavy atom. The first-order valence-electron chi connectivity index (χ1n) is 3.87. The van der Waals surface area contributed by atoms with E-state index in [0.717, 1.165) is 6.54 Å². The van der Waals surface area contributed by atoms with E-state index in [2.05, 4.69) is 4.89 Å². The molecule has 0 aromatic rings. The zero-order valence-electron chi connectivity index (χ0n) is 6.93. The fourth-order valence-corrected chi connectivity index (χ4v) is 1.49. The van der Waals surface area contributed by atoms with E-state index in [1.165, 1.54) is 0 Å². The van der Waals surface area contributed by atoms with Crippen LogP contribution in [0.2, 0.25) is 0 Å². The Hall–Kier alpha value is -0.650. The van der Waals surface area contributed by atoms with Crippen molar-refractivity contribution in [2.24, 2.45) is 0 Å². The lowest BCUT2D eigenvalue weighted by Crippen LogP contribution is -2.34. The molecular formula is C7H13NO4. The second kappa shape index (κ2) is 3.84. The Morgan fingerprint density at radius 1 is 1.75 bits per heavy atom. The van der Waals surface area contributed by atoms with Crippen LogP contribution in [-0.4, -0.2) is 47.0 Å². The number of aliphatic hydroxyl groups is 1. The molecule has 1 aliphatic rings. The molecule has 2 N–H and O–H groups in total. The van der Waals surface area contributed by atoms with Crippen molar-refractivity contribution in [1.82, 2.24) is 4.90 Å². The number of carbonyl (C=O) groups excluding carboxylic acids is 1. The van der Waals surface area contributed by atoms with Gasteiger partial charge in [-0.15, -0.1) is 0 Å². The topological polar surface area (TPSA) is 70.0 Å². The molecule has 0 amide bonds.